The highest BCUT2D eigenvalue weighted by molar-refractivity contribution is 7.80. The summed E-state index contributed by atoms with van der Waals surface area (Å²) in [6, 6.07) is 5.53. The molecule has 0 fully saturated rings. The largest absolute Gasteiger partial charge is 0.467 e. The normalized spacial score (nSPS) is 9.94. The number of hydrogen-bond donors (Lipinski definition) is 2. The predicted molar refractivity (Wildman–Crippen MR) is 68.5 cm³/mol. The summed E-state index contributed by atoms with van der Waals surface area (Å²) in [5.41, 5.74) is 0.885. The summed E-state index contributed by atoms with van der Waals surface area (Å²) in [6.45, 7) is 2.43. The number of nitrogens with zero attached hydrogens (tertiary/aromatic N) is 2. The lowest BCUT2D eigenvalue weighted by atomic mass is 10.4. The van der Waals surface area contributed by atoms with Crippen molar-refractivity contribution >= 4 is 23.3 Å². The van der Waals surface area contributed by atoms with Crippen LogP contribution in [0.3, 0.4) is 0 Å². The standard InChI is InChI=1S/C11H12N4OS/c1-8-4-5-12-10(14-8)15-11(17)13-7-9-3-2-6-16-9/h2-6H,7H2,1H3,(H2,12,13,14,15,17). The van der Waals surface area contributed by atoms with Gasteiger partial charge in [-0.2, -0.15) is 0 Å². The summed E-state index contributed by atoms with van der Waals surface area (Å²) < 4.78 is 5.17. The van der Waals surface area contributed by atoms with Crippen LogP contribution in [0.1, 0.15) is 11.5 Å². The average Bonchev–Trinajstić information content (AvgIpc) is 2.79. The molecule has 2 rings (SSSR count). The van der Waals surface area contributed by atoms with Crippen molar-refractivity contribution in [3.63, 3.8) is 0 Å². The highest BCUT2D eigenvalue weighted by atomic mass is 32.1. The van der Waals surface area contributed by atoms with E-state index in [1.807, 2.05) is 25.1 Å². The summed E-state index contributed by atoms with van der Waals surface area (Å²) in [5, 5.41) is 6.37. The van der Waals surface area contributed by atoms with Crippen LogP contribution in [0.4, 0.5) is 5.95 Å². The van der Waals surface area contributed by atoms with Gasteiger partial charge in [-0.05, 0) is 37.3 Å². The van der Waals surface area contributed by atoms with Gasteiger partial charge in [-0.25, -0.2) is 9.97 Å². The maximum absolute atomic E-state index is 5.17. The minimum Gasteiger partial charge on any atom is -0.467 e. The molecule has 0 aromatic carbocycles. The lowest BCUT2D eigenvalue weighted by Gasteiger charge is -2.07. The van der Waals surface area contributed by atoms with E-state index in [0.717, 1.165) is 11.5 Å². The highest BCUT2D eigenvalue weighted by Gasteiger charge is 2.01. The Balaban J connectivity index is 1.85. The van der Waals surface area contributed by atoms with E-state index >= 15 is 0 Å². The molecule has 0 saturated carbocycles. The van der Waals surface area contributed by atoms with Crippen LogP contribution in [-0.4, -0.2) is 15.1 Å². The Morgan fingerprint density at radius 2 is 2.35 bits per heavy atom. The zero-order valence-electron chi connectivity index (χ0n) is 9.30. The number of thiocarbonyl (C=S) groups is 1. The van der Waals surface area contributed by atoms with Crippen LogP contribution in [0.2, 0.25) is 0 Å². The smallest absolute Gasteiger partial charge is 0.229 e. The second-order valence-corrected chi connectivity index (χ2v) is 3.82. The van der Waals surface area contributed by atoms with Crippen molar-refractivity contribution in [2.45, 2.75) is 13.5 Å². The number of hydrogen-bond acceptors (Lipinski definition) is 4. The van der Waals surface area contributed by atoms with E-state index in [0.29, 0.717) is 17.6 Å². The molecule has 5 nitrogen and oxygen atoms in total. The van der Waals surface area contributed by atoms with Crippen molar-refractivity contribution in [1.82, 2.24) is 15.3 Å². The van der Waals surface area contributed by atoms with Crippen LogP contribution in [0.25, 0.3) is 0 Å². The summed E-state index contributed by atoms with van der Waals surface area (Å²) in [5.74, 6) is 1.31. The van der Waals surface area contributed by atoms with Crippen LogP contribution in [0, 0.1) is 6.92 Å². The molecule has 2 N–H and O–H groups in total. The fourth-order valence-corrected chi connectivity index (χ4v) is 1.40. The van der Waals surface area contributed by atoms with Crippen molar-refractivity contribution in [3.05, 3.63) is 42.1 Å². The number of aryl methyl sites for hydroxylation is 1. The Hall–Kier alpha value is -1.95. The van der Waals surface area contributed by atoms with E-state index in [1.54, 1.807) is 12.5 Å². The molecule has 6 heteroatoms. The van der Waals surface area contributed by atoms with Gasteiger partial charge in [0.1, 0.15) is 5.76 Å². The summed E-state index contributed by atoms with van der Waals surface area (Å²) >= 11 is 5.11. The molecule has 0 saturated heterocycles. The minimum atomic E-state index is 0.465. The minimum absolute atomic E-state index is 0.465. The van der Waals surface area contributed by atoms with Crippen LogP contribution in [-0.2, 0) is 6.54 Å². The Kier molecular flexibility index (Phi) is 3.66. The molecule has 0 amide bonds. The zero-order valence-corrected chi connectivity index (χ0v) is 10.1. The van der Waals surface area contributed by atoms with Crippen molar-refractivity contribution in [2.75, 3.05) is 5.32 Å². The van der Waals surface area contributed by atoms with Crippen LogP contribution in [0.15, 0.2) is 35.1 Å². The SMILES string of the molecule is Cc1ccnc(NC(=S)NCc2ccco2)n1. The van der Waals surface area contributed by atoms with Crippen molar-refractivity contribution in [1.29, 1.82) is 0 Å². The van der Waals surface area contributed by atoms with Crippen LogP contribution >= 0.6 is 12.2 Å². The van der Waals surface area contributed by atoms with Crippen molar-refractivity contribution in [3.8, 4) is 0 Å². The number of anilines is 1. The molecule has 0 unspecified atom stereocenters. The van der Waals surface area contributed by atoms with Crippen LogP contribution < -0.4 is 10.6 Å². The first kappa shape index (κ1) is 11.5. The van der Waals surface area contributed by atoms with Crippen molar-refractivity contribution < 1.29 is 4.42 Å². The van der Waals surface area contributed by atoms with E-state index in [1.165, 1.54) is 0 Å². The molecule has 0 bridgehead atoms. The van der Waals surface area contributed by atoms with Gasteiger partial charge in [-0.1, -0.05) is 0 Å². The van der Waals surface area contributed by atoms with Gasteiger partial charge in [0, 0.05) is 11.9 Å². The Morgan fingerprint density at radius 1 is 1.47 bits per heavy atom. The molecule has 0 atom stereocenters. The Bertz CT molecular complexity index is 498. The molecule has 0 aliphatic carbocycles. The van der Waals surface area contributed by atoms with E-state index in [4.69, 9.17) is 16.6 Å². The zero-order chi connectivity index (χ0) is 12.1. The van der Waals surface area contributed by atoms with Gasteiger partial charge in [0.25, 0.3) is 0 Å². The first-order valence-electron chi connectivity index (χ1n) is 5.11. The van der Waals surface area contributed by atoms with Crippen LogP contribution in [0.5, 0.6) is 0 Å². The highest BCUT2D eigenvalue weighted by Crippen LogP contribution is 2.00. The third-order valence-corrected chi connectivity index (χ3v) is 2.27. The quantitative estimate of drug-likeness (QED) is 0.808. The molecule has 2 heterocycles. The number of rotatable bonds is 3. The average molecular weight is 248 g/mol. The second-order valence-electron chi connectivity index (χ2n) is 3.41. The summed E-state index contributed by atoms with van der Waals surface area (Å²) in [6.07, 6.45) is 3.30. The molecule has 0 radical (unpaired) electrons. The second kappa shape index (κ2) is 5.40. The Labute approximate surface area is 104 Å². The van der Waals surface area contributed by atoms with Gasteiger partial charge < -0.3 is 15.1 Å². The Morgan fingerprint density at radius 3 is 3.06 bits per heavy atom. The van der Waals surface area contributed by atoms with E-state index in [2.05, 4.69) is 20.6 Å². The fraction of sp³-hybridized carbons (Fsp3) is 0.182. The van der Waals surface area contributed by atoms with Gasteiger partial charge in [0.2, 0.25) is 5.95 Å². The lowest BCUT2D eigenvalue weighted by Crippen LogP contribution is -2.28. The molecular weight excluding hydrogens is 236 g/mol. The van der Waals surface area contributed by atoms with Gasteiger partial charge in [-0.3, -0.25) is 0 Å². The summed E-state index contributed by atoms with van der Waals surface area (Å²) in [7, 11) is 0. The van der Waals surface area contributed by atoms with Gasteiger partial charge in [-0.15, -0.1) is 0 Å². The van der Waals surface area contributed by atoms with E-state index in [9.17, 15) is 0 Å². The molecule has 0 aliphatic rings. The van der Waals surface area contributed by atoms with Crippen molar-refractivity contribution in [2.24, 2.45) is 0 Å². The number of aromatic nitrogens is 2. The molecule has 2 aromatic rings. The maximum atomic E-state index is 5.17. The van der Waals surface area contributed by atoms with Gasteiger partial charge in [0.15, 0.2) is 5.11 Å². The van der Waals surface area contributed by atoms with Gasteiger partial charge >= 0.3 is 0 Å². The first-order valence-corrected chi connectivity index (χ1v) is 5.52. The fourth-order valence-electron chi connectivity index (χ4n) is 1.24. The monoisotopic (exact) mass is 248 g/mol. The first-order chi connectivity index (χ1) is 8.24. The third-order valence-electron chi connectivity index (χ3n) is 2.02. The molecular formula is C11H12N4OS. The topological polar surface area (TPSA) is 63.0 Å². The molecule has 0 aliphatic heterocycles. The number of nitrogens with one attached hydrogen (secondary N) is 2. The predicted octanol–water partition coefficient (Wildman–Crippen LogP) is 1.86. The molecule has 88 valence electrons. The molecule has 2 aromatic heterocycles. The van der Waals surface area contributed by atoms with E-state index < -0.39 is 0 Å². The van der Waals surface area contributed by atoms with Gasteiger partial charge in [0.05, 0.1) is 12.8 Å². The maximum Gasteiger partial charge on any atom is 0.229 e. The third kappa shape index (κ3) is 3.53. The summed E-state index contributed by atoms with van der Waals surface area (Å²) in [4.78, 5) is 8.24. The molecule has 0 spiro atoms. The van der Waals surface area contributed by atoms with E-state index in [-0.39, 0.29) is 0 Å². The molecule has 17 heavy (non-hydrogen) atoms. The number of furan rings is 1. The lowest BCUT2D eigenvalue weighted by molar-refractivity contribution is 0.503.